The summed E-state index contributed by atoms with van der Waals surface area (Å²) in [6.45, 7) is 3.41. The van der Waals surface area contributed by atoms with Crippen LogP contribution in [-0.2, 0) is 11.8 Å². The Morgan fingerprint density at radius 2 is 2.50 bits per heavy atom. The van der Waals surface area contributed by atoms with Crippen molar-refractivity contribution in [3.63, 3.8) is 0 Å². The number of hydrazine groups is 1. The maximum Gasteiger partial charge on any atom is 0.0808 e. The van der Waals surface area contributed by atoms with E-state index in [0.29, 0.717) is 6.61 Å². The summed E-state index contributed by atoms with van der Waals surface area (Å²) in [6, 6.07) is 2.03. The molecule has 5 heteroatoms. The molecule has 1 atom stereocenters. The van der Waals surface area contributed by atoms with E-state index in [4.69, 9.17) is 10.6 Å². The minimum atomic E-state index is 0.0720. The summed E-state index contributed by atoms with van der Waals surface area (Å²) in [5.41, 5.74) is 3.69. The fourth-order valence-corrected chi connectivity index (χ4v) is 1.28. The quantitative estimate of drug-likeness (QED) is 0.393. The molecule has 0 saturated carbocycles. The van der Waals surface area contributed by atoms with Crippen molar-refractivity contribution < 1.29 is 4.74 Å². The lowest BCUT2D eigenvalue weighted by molar-refractivity contribution is 0.136. The fraction of sp³-hybridized carbons (Fsp3) is 0.667. The van der Waals surface area contributed by atoms with E-state index < -0.39 is 0 Å². The van der Waals surface area contributed by atoms with Crippen molar-refractivity contribution in [2.75, 3.05) is 13.2 Å². The lowest BCUT2D eigenvalue weighted by atomic mass is 10.1. The van der Waals surface area contributed by atoms with Crippen LogP contribution in [0.25, 0.3) is 0 Å². The highest BCUT2D eigenvalue weighted by Gasteiger charge is 2.11. The van der Waals surface area contributed by atoms with Gasteiger partial charge in [0, 0.05) is 26.5 Å². The number of ether oxygens (including phenoxy) is 1. The minimum Gasteiger partial charge on any atom is -0.382 e. The van der Waals surface area contributed by atoms with Gasteiger partial charge in [-0.05, 0) is 19.4 Å². The lowest BCUT2D eigenvalue weighted by Gasteiger charge is -2.12. The van der Waals surface area contributed by atoms with E-state index in [1.807, 2.05) is 26.2 Å². The van der Waals surface area contributed by atoms with Gasteiger partial charge in [-0.3, -0.25) is 16.0 Å². The molecule has 0 amide bonds. The Hall–Kier alpha value is -0.910. The van der Waals surface area contributed by atoms with E-state index in [2.05, 4.69) is 10.5 Å². The van der Waals surface area contributed by atoms with Crippen molar-refractivity contribution in [2.24, 2.45) is 12.9 Å². The molecule has 1 aromatic heterocycles. The van der Waals surface area contributed by atoms with Crippen LogP contribution in [0.3, 0.4) is 0 Å². The maximum absolute atomic E-state index is 5.44. The Balaban J connectivity index is 2.45. The molecular weight excluding hydrogens is 180 g/mol. The van der Waals surface area contributed by atoms with Crippen molar-refractivity contribution in [1.82, 2.24) is 15.2 Å². The van der Waals surface area contributed by atoms with Gasteiger partial charge in [-0.1, -0.05) is 0 Å². The molecule has 80 valence electrons. The Bertz CT molecular complexity index is 261. The van der Waals surface area contributed by atoms with Crippen molar-refractivity contribution >= 4 is 0 Å². The first-order valence-electron chi connectivity index (χ1n) is 4.81. The van der Waals surface area contributed by atoms with Crippen LogP contribution in [0.4, 0.5) is 0 Å². The molecule has 0 saturated heterocycles. The number of nitrogens with zero attached hydrogens (tertiary/aromatic N) is 2. The van der Waals surface area contributed by atoms with Crippen molar-refractivity contribution in [3.05, 3.63) is 18.0 Å². The second-order valence-corrected chi connectivity index (χ2v) is 3.12. The van der Waals surface area contributed by atoms with Gasteiger partial charge in [0.15, 0.2) is 0 Å². The first kappa shape index (κ1) is 11.2. The highest BCUT2D eigenvalue weighted by atomic mass is 16.5. The van der Waals surface area contributed by atoms with Crippen LogP contribution in [0, 0.1) is 0 Å². The van der Waals surface area contributed by atoms with Crippen LogP contribution in [0.2, 0.25) is 0 Å². The van der Waals surface area contributed by atoms with E-state index in [0.717, 1.165) is 18.7 Å². The van der Waals surface area contributed by atoms with Crippen LogP contribution in [0.15, 0.2) is 12.3 Å². The highest BCUT2D eigenvalue weighted by molar-refractivity contribution is 5.04. The third-order valence-corrected chi connectivity index (χ3v) is 2.05. The monoisotopic (exact) mass is 198 g/mol. The van der Waals surface area contributed by atoms with Crippen LogP contribution in [-0.4, -0.2) is 23.0 Å². The topological polar surface area (TPSA) is 65.1 Å². The molecule has 0 aliphatic carbocycles. The molecule has 1 unspecified atom stereocenters. The Morgan fingerprint density at radius 1 is 1.71 bits per heavy atom. The largest absolute Gasteiger partial charge is 0.382 e. The summed E-state index contributed by atoms with van der Waals surface area (Å²) >= 11 is 0. The molecule has 0 bridgehead atoms. The average molecular weight is 198 g/mol. The van der Waals surface area contributed by atoms with E-state index >= 15 is 0 Å². The van der Waals surface area contributed by atoms with Gasteiger partial charge in [0.1, 0.15) is 0 Å². The molecule has 1 aromatic rings. The maximum atomic E-state index is 5.44. The van der Waals surface area contributed by atoms with Crippen LogP contribution in [0.5, 0.6) is 0 Å². The van der Waals surface area contributed by atoms with E-state index in [1.54, 1.807) is 4.68 Å². The van der Waals surface area contributed by atoms with Gasteiger partial charge in [0.25, 0.3) is 0 Å². The normalized spacial score (nSPS) is 13.1. The fourth-order valence-electron chi connectivity index (χ4n) is 1.28. The minimum absolute atomic E-state index is 0.0720. The molecule has 0 spiro atoms. The lowest BCUT2D eigenvalue weighted by Crippen LogP contribution is -2.29. The highest BCUT2D eigenvalue weighted by Crippen LogP contribution is 2.12. The second kappa shape index (κ2) is 5.74. The predicted molar refractivity (Wildman–Crippen MR) is 54.4 cm³/mol. The molecule has 0 aliphatic heterocycles. The number of hydrogen-bond acceptors (Lipinski definition) is 4. The zero-order valence-corrected chi connectivity index (χ0v) is 8.73. The van der Waals surface area contributed by atoms with Crippen LogP contribution in [0.1, 0.15) is 25.1 Å². The van der Waals surface area contributed by atoms with Crippen molar-refractivity contribution in [2.45, 2.75) is 19.4 Å². The van der Waals surface area contributed by atoms with Crippen molar-refractivity contribution in [3.8, 4) is 0 Å². The van der Waals surface area contributed by atoms with Crippen LogP contribution >= 0.6 is 0 Å². The van der Waals surface area contributed by atoms with Gasteiger partial charge in [-0.15, -0.1) is 0 Å². The molecule has 0 radical (unpaired) electrons. The molecule has 0 fully saturated rings. The van der Waals surface area contributed by atoms with Gasteiger partial charge in [-0.2, -0.15) is 5.10 Å². The van der Waals surface area contributed by atoms with Gasteiger partial charge < -0.3 is 4.74 Å². The van der Waals surface area contributed by atoms with Gasteiger partial charge in [0.2, 0.25) is 0 Å². The molecule has 0 aromatic carbocycles. The van der Waals surface area contributed by atoms with E-state index in [-0.39, 0.29) is 6.04 Å². The summed E-state index contributed by atoms with van der Waals surface area (Å²) in [5, 5.41) is 4.28. The number of rotatable bonds is 6. The number of aromatic nitrogens is 2. The molecule has 1 rings (SSSR count). The molecule has 14 heavy (non-hydrogen) atoms. The number of hydrogen-bond donors (Lipinski definition) is 2. The Morgan fingerprint density at radius 3 is 3.00 bits per heavy atom. The summed E-state index contributed by atoms with van der Waals surface area (Å²) in [6.07, 6.45) is 2.74. The van der Waals surface area contributed by atoms with Gasteiger partial charge in [-0.25, -0.2) is 0 Å². The number of nitrogens with two attached hydrogens (primary N) is 1. The number of nitrogens with one attached hydrogen (secondary N) is 1. The number of aryl methyl sites for hydroxylation is 1. The summed E-state index contributed by atoms with van der Waals surface area (Å²) in [4.78, 5) is 0. The standard InChI is InChI=1S/C9H18N4O/c1-3-14-7-5-8(11-10)9-4-6-13(2)12-9/h4,6,8,11H,3,5,7,10H2,1-2H3. The predicted octanol–water partition coefficient (Wildman–Crippen LogP) is 0.351. The smallest absolute Gasteiger partial charge is 0.0808 e. The molecule has 5 nitrogen and oxygen atoms in total. The Kier molecular flexibility index (Phi) is 4.58. The summed E-state index contributed by atoms with van der Waals surface area (Å²) in [5.74, 6) is 5.44. The molecule has 1 heterocycles. The first-order chi connectivity index (χ1) is 6.77. The first-order valence-corrected chi connectivity index (χ1v) is 4.81. The summed E-state index contributed by atoms with van der Waals surface area (Å²) in [7, 11) is 1.89. The van der Waals surface area contributed by atoms with E-state index in [1.165, 1.54) is 0 Å². The Labute approximate surface area is 84.2 Å². The third kappa shape index (κ3) is 3.10. The van der Waals surface area contributed by atoms with Gasteiger partial charge >= 0.3 is 0 Å². The zero-order chi connectivity index (χ0) is 10.4. The van der Waals surface area contributed by atoms with E-state index in [9.17, 15) is 0 Å². The molecule has 3 N–H and O–H groups in total. The third-order valence-electron chi connectivity index (χ3n) is 2.05. The molecule has 0 aliphatic rings. The zero-order valence-electron chi connectivity index (χ0n) is 8.73. The van der Waals surface area contributed by atoms with Crippen molar-refractivity contribution in [1.29, 1.82) is 0 Å². The second-order valence-electron chi connectivity index (χ2n) is 3.12. The van der Waals surface area contributed by atoms with Gasteiger partial charge in [0.05, 0.1) is 11.7 Å². The average Bonchev–Trinajstić information content (AvgIpc) is 2.60. The van der Waals surface area contributed by atoms with Crippen LogP contribution < -0.4 is 11.3 Å². The molecular formula is C9H18N4O. The summed E-state index contributed by atoms with van der Waals surface area (Å²) < 4.78 is 7.03. The SMILES string of the molecule is CCOCCC(NN)c1ccn(C)n1.